The largest absolute Gasteiger partial charge is 0.404 e. The summed E-state index contributed by atoms with van der Waals surface area (Å²) in [7, 11) is -2.48. The quantitative estimate of drug-likeness (QED) is 0.341. The fourth-order valence-corrected chi connectivity index (χ4v) is 10.3. The number of hydrogen-bond acceptors (Lipinski definition) is 2. The molecule has 174 valence electrons. The van der Waals surface area contributed by atoms with Gasteiger partial charge in [-0.2, -0.15) is 0 Å². The van der Waals surface area contributed by atoms with Gasteiger partial charge in [-0.25, -0.2) is 0 Å². The van der Waals surface area contributed by atoms with Crippen LogP contribution in [0.3, 0.4) is 0 Å². The second-order valence-corrected chi connectivity index (χ2v) is 15.4. The molecule has 1 atom stereocenters. The monoisotopic (exact) mass is 521 g/mol. The molecule has 1 aliphatic rings. The van der Waals surface area contributed by atoms with Gasteiger partial charge in [-0.15, -0.1) is 0 Å². The van der Waals surface area contributed by atoms with E-state index in [1.54, 1.807) is 0 Å². The molecule has 0 unspecified atom stereocenters. The molecule has 0 bridgehead atoms. The van der Waals surface area contributed by atoms with Crippen LogP contribution in [0.4, 0.5) is 0 Å². The lowest BCUT2D eigenvalue weighted by atomic mass is 10.0. The van der Waals surface area contributed by atoms with Crippen LogP contribution in [0.5, 0.6) is 0 Å². The topological polar surface area (TPSA) is 12.5 Å². The normalized spacial score (nSPS) is 17.1. The van der Waals surface area contributed by atoms with Gasteiger partial charge in [0.2, 0.25) is 0 Å². The van der Waals surface area contributed by atoms with E-state index in [0.29, 0.717) is 6.04 Å². The number of halogens is 1. The molecule has 1 aliphatic heterocycles. The molecule has 3 aromatic carbocycles. The van der Waals surface area contributed by atoms with Crippen molar-refractivity contribution in [2.24, 2.45) is 0 Å². The lowest BCUT2D eigenvalue weighted by Gasteiger charge is -2.47. The molecule has 1 heterocycles. The van der Waals surface area contributed by atoms with Gasteiger partial charge >= 0.3 is 0 Å². The third kappa shape index (κ3) is 5.19. The lowest BCUT2D eigenvalue weighted by molar-refractivity contribution is 0.0736. The van der Waals surface area contributed by atoms with Crippen LogP contribution in [0.15, 0.2) is 89.4 Å². The standard InChI is InChI=1S/C29H36BrNOSi/c1-23(24-15-17-25(30)18-16-24)31-21-19-26(20-22-31)32-33(29(2,3)4,27-11-7-5-8-12-27)28-13-9-6-10-14-28/h5-18,23,26H,19-22H2,1-4H3/t23-/m1/s1. The minimum absolute atomic E-state index is 0.0254. The highest BCUT2D eigenvalue weighted by molar-refractivity contribution is 9.10. The Hall–Kier alpha value is -1.72. The van der Waals surface area contributed by atoms with Crippen molar-refractivity contribution < 1.29 is 4.43 Å². The SMILES string of the molecule is C[C@H](c1ccc(Br)cc1)N1CCC(O[Si](c2ccccc2)(c2ccccc2)C(C)(C)C)CC1. The summed E-state index contributed by atoms with van der Waals surface area (Å²) in [4.78, 5) is 2.61. The summed E-state index contributed by atoms with van der Waals surface area (Å²) >= 11 is 3.55. The van der Waals surface area contributed by atoms with Crippen LogP contribution in [0, 0.1) is 0 Å². The van der Waals surface area contributed by atoms with Crippen molar-refractivity contribution in [1.82, 2.24) is 4.90 Å². The molecule has 0 aromatic heterocycles. The van der Waals surface area contributed by atoms with Crippen molar-refractivity contribution in [3.63, 3.8) is 0 Å². The van der Waals surface area contributed by atoms with Gasteiger partial charge in [-0.05, 0) is 52.9 Å². The number of likely N-dealkylation sites (tertiary alicyclic amines) is 1. The smallest absolute Gasteiger partial charge is 0.261 e. The first kappa shape index (κ1) is 24.4. The van der Waals surface area contributed by atoms with Crippen molar-refractivity contribution in [3.8, 4) is 0 Å². The van der Waals surface area contributed by atoms with Gasteiger partial charge in [0.25, 0.3) is 8.32 Å². The first-order chi connectivity index (χ1) is 15.8. The van der Waals surface area contributed by atoms with E-state index in [0.717, 1.165) is 30.4 Å². The van der Waals surface area contributed by atoms with Crippen LogP contribution in [0.1, 0.15) is 52.1 Å². The van der Waals surface area contributed by atoms with Gasteiger partial charge in [0, 0.05) is 29.7 Å². The summed E-state index contributed by atoms with van der Waals surface area (Å²) in [6.45, 7) is 11.6. The predicted molar refractivity (Wildman–Crippen MR) is 146 cm³/mol. The van der Waals surface area contributed by atoms with Gasteiger partial charge in [0.1, 0.15) is 0 Å². The second kappa shape index (κ2) is 10.3. The fourth-order valence-electron chi connectivity index (χ4n) is 5.27. The first-order valence-electron chi connectivity index (χ1n) is 12.1. The zero-order valence-electron chi connectivity index (χ0n) is 20.3. The third-order valence-corrected chi connectivity index (χ3v) is 12.8. The predicted octanol–water partition coefficient (Wildman–Crippen LogP) is 6.55. The molecule has 4 rings (SSSR count). The van der Waals surface area contributed by atoms with Crippen molar-refractivity contribution in [3.05, 3.63) is 95.0 Å². The molecule has 1 saturated heterocycles. The highest BCUT2D eigenvalue weighted by atomic mass is 79.9. The van der Waals surface area contributed by atoms with Crippen LogP contribution in [-0.4, -0.2) is 32.4 Å². The lowest BCUT2D eigenvalue weighted by Crippen LogP contribution is -2.68. The molecule has 0 spiro atoms. The second-order valence-electron chi connectivity index (χ2n) is 10.2. The minimum Gasteiger partial charge on any atom is -0.404 e. The molecule has 3 aromatic rings. The first-order valence-corrected chi connectivity index (χ1v) is 14.8. The van der Waals surface area contributed by atoms with Crippen molar-refractivity contribution in [2.75, 3.05) is 13.1 Å². The van der Waals surface area contributed by atoms with Gasteiger partial charge in [-0.3, -0.25) is 4.90 Å². The molecule has 0 N–H and O–H groups in total. The van der Waals surface area contributed by atoms with Gasteiger partial charge in [0.05, 0.1) is 0 Å². The minimum atomic E-state index is -2.48. The zero-order valence-corrected chi connectivity index (χ0v) is 22.9. The molecule has 2 nitrogen and oxygen atoms in total. The van der Waals surface area contributed by atoms with Crippen LogP contribution in [-0.2, 0) is 4.43 Å². The fraction of sp³-hybridized carbons (Fsp3) is 0.379. The maximum absolute atomic E-state index is 7.37. The Bertz CT molecular complexity index is 969. The summed E-state index contributed by atoms with van der Waals surface area (Å²) in [5.41, 5.74) is 1.38. The Morgan fingerprint density at radius 1 is 0.818 bits per heavy atom. The number of rotatable bonds is 6. The van der Waals surface area contributed by atoms with Crippen molar-refractivity contribution >= 4 is 34.6 Å². The molecule has 0 aliphatic carbocycles. The molecule has 0 radical (unpaired) electrons. The van der Waals surface area contributed by atoms with Crippen LogP contribution in [0.2, 0.25) is 5.04 Å². The highest BCUT2D eigenvalue weighted by Gasteiger charge is 2.51. The molecule has 33 heavy (non-hydrogen) atoms. The molecule has 0 saturated carbocycles. The van der Waals surface area contributed by atoms with E-state index in [-0.39, 0.29) is 11.1 Å². The summed E-state index contributed by atoms with van der Waals surface area (Å²) < 4.78 is 8.51. The maximum Gasteiger partial charge on any atom is 0.261 e. The maximum atomic E-state index is 7.37. The summed E-state index contributed by atoms with van der Waals surface area (Å²) in [5, 5.41) is 2.76. The number of hydrogen-bond donors (Lipinski definition) is 0. The molecule has 4 heteroatoms. The average molecular weight is 523 g/mol. The van der Waals surface area contributed by atoms with Gasteiger partial charge in [0.15, 0.2) is 0 Å². The zero-order chi connectivity index (χ0) is 23.5. The number of nitrogens with zero attached hydrogens (tertiary/aromatic N) is 1. The Morgan fingerprint density at radius 2 is 1.30 bits per heavy atom. The van der Waals surface area contributed by atoms with E-state index in [1.807, 2.05) is 0 Å². The van der Waals surface area contributed by atoms with Crippen molar-refractivity contribution in [2.45, 2.75) is 57.7 Å². The summed E-state index contributed by atoms with van der Waals surface area (Å²) in [6, 6.07) is 31.2. The Morgan fingerprint density at radius 3 is 1.76 bits per heavy atom. The van der Waals surface area contributed by atoms with Gasteiger partial charge in [-0.1, -0.05) is 109 Å². The Labute approximate surface area is 209 Å². The van der Waals surface area contributed by atoms with Crippen LogP contribution >= 0.6 is 15.9 Å². The van der Waals surface area contributed by atoms with Crippen LogP contribution < -0.4 is 10.4 Å². The number of piperidine rings is 1. The molecular weight excluding hydrogens is 486 g/mol. The Kier molecular flexibility index (Phi) is 7.59. The van der Waals surface area contributed by atoms with E-state index < -0.39 is 8.32 Å². The Balaban J connectivity index is 1.57. The molecule has 1 fully saturated rings. The number of benzene rings is 3. The van der Waals surface area contributed by atoms with Gasteiger partial charge < -0.3 is 4.43 Å². The molecule has 0 amide bonds. The van der Waals surface area contributed by atoms with E-state index in [4.69, 9.17) is 4.43 Å². The van der Waals surface area contributed by atoms with Crippen molar-refractivity contribution in [1.29, 1.82) is 0 Å². The highest BCUT2D eigenvalue weighted by Crippen LogP contribution is 2.39. The summed E-state index contributed by atoms with van der Waals surface area (Å²) in [5.74, 6) is 0. The van der Waals surface area contributed by atoms with Crippen LogP contribution in [0.25, 0.3) is 0 Å². The van der Waals surface area contributed by atoms with E-state index >= 15 is 0 Å². The summed E-state index contributed by atoms with van der Waals surface area (Å²) in [6.07, 6.45) is 2.43. The third-order valence-electron chi connectivity index (χ3n) is 7.14. The van der Waals surface area contributed by atoms with E-state index in [9.17, 15) is 0 Å². The van der Waals surface area contributed by atoms with E-state index in [1.165, 1.54) is 15.9 Å². The van der Waals surface area contributed by atoms with E-state index in [2.05, 4.69) is 133 Å². The average Bonchev–Trinajstić information content (AvgIpc) is 2.83. The molecular formula is C29H36BrNOSi.